The van der Waals surface area contributed by atoms with Crippen LogP contribution in [0.3, 0.4) is 0 Å². The summed E-state index contributed by atoms with van der Waals surface area (Å²) < 4.78 is 128. The van der Waals surface area contributed by atoms with E-state index in [-0.39, 0.29) is 29.7 Å². The Morgan fingerprint density at radius 3 is 1.84 bits per heavy atom. The summed E-state index contributed by atoms with van der Waals surface area (Å²) in [5, 5.41) is 1.21. The molecule has 0 N–H and O–H groups in total. The van der Waals surface area contributed by atoms with Crippen LogP contribution in [0.15, 0.2) is 36.4 Å². The van der Waals surface area contributed by atoms with Crippen molar-refractivity contribution in [2.24, 2.45) is 11.3 Å². The third-order valence-corrected chi connectivity index (χ3v) is 7.46. The number of carbonyl (C=O) groups excluding carboxylic acids is 2. The number of anilines is 1. The van der Waals surface area contributed by atoms with E-state index < -0.39 is 76.9 Å². The molecule has 2 aliphatic rings. The lowest BCUT2D eigenvalue weighted by Gasteiger charge is -2.44. The van der Waals surface area contributed by atoms with Crippen molar-refractivity contribution in [3.05, 3.63) is 64.2 Å². The molecule has 1 heterocycles. The smallest absolute Gasteiger partial charge is 0.416 e. The molecule has 1 saturated carbocycles. The summed E-state index contributed by atoms with van der Waals surface area (Å²) in [6.07, 6.45) is -15.2. The Labute approximate surface area is 246 Å². The van der Waals surface area contributed by atoms with E-state index in [2.05, 4.69) is 0 Å². The van der Waals surface area contributed by atoms with Crippen molar-refractivity contribution in [2.75, 3.05) is 12.2 Å². The maximum Gasteiger partial charge on any atom is 0.416 e. The van der Waals surface area contributed by atoms with E-state index >= 15 is 0 Å². The number of halogens is 9. The summed E-state index contributed by atoms with van der Waals surface area (Å²) in [5.74, 6) is -0.813. The standard InChI is InChI=1S/C29H29F9N2O4/c1-26(2,3)24(41)44-40-21-8-7-17(27(30,31)32)12-20(21)23(13-22(40)16-5-6-16)39(25(42)43-4)14-15-9-18(28(33,34)35)11-19(10-15)29(36,37)38/h7-12,16,22-23H,5-6,13-14H2,1-4H3. The van der Waals surface area contributed by atoms with E-state index in [4.69, 9.17) is 9.57 Å². The predicted molar refractivity (Wildman–Crippen MR) is 138 cm³/mol. The normalized spacial score (nSPS) is 19.3. The molecule has 15 heteroatoms. The lowest BCUT2D eigenvalue weighted by atomic mass is 9.87. The molecule has 4 rings (SSSR count). The number of hydrogen-bond donors (Lipinski definition) is 0. The second kappa shape index (κ2) is 11.4. The molecule has 2 aromatic rings. The highest BCUT2D eigenvalue weighted by Gasteiger charge is 2.48. The van der Waals surface area contributed by atoms with Gasteiger partial charge in [-0.05, 0) is 87.9 Å². The summed E-state index contributed by atoms with van der Waals surface area (Å²) in [6.45, 7) is 3.86. The molecule has 44 heavy (non-hydrogen) atoms. The molecule has 0 spiro atoms. The van der Waals surface area contributed by atoms with Crippen LogP contribution >= 0.6 is 0 Å². The van der Waals surface area contributed by atoms with Crippen LogP contribution in [0.5, 0.6) is 0 Å². The number of benzene rings is 2. The first kappa shape index (κ1) is 33.2. The molecule has 2 aromatic carbocycles. The van der Waals surface area contributed by atoms with Crippen LogP contribution in [0.1, 0.15) is 73.9 Å². The Morgan fingerprint density at radius 1 is 0.841 bits per heavy atom. The molecule has 1 aliphatic carbocycles. The van der Waals surface area contributed by atoms with E-state index in [1.54, 1.807) is 20.8 Å². The number of carbonyl (C=O) groups is 2. The summed E-state index contributed by atoms with van der Waals surface area (Å²) in [7, 11) is 0.925. The van der Waals surface area contributed by atoms with Crippen LogP contribution in [0.2, 0.25) is 0 Å². The van der Waals surface area contributed by atoms with Crippen molar-refractivity contribution in [3.63, 3.8) is 0 Å². The zero-order valence-electron chi connectivity index (χ0n) is 24.0. The van der Waals surface area contributed by atoms with Gasteiger partial charge in [0.15, 0.2) is 0 Å². The van der Waals surface area contributed by atoms with E-state index in [0.29, 0.717) is 25.0 Å². The van der Waals surface area contributed by atoms with E-state index in [1.807, 2.05) is 0 Å². The molecule has 0 radical (unpaired) electrons. The van der Waals surface area contributed by atoms with Crippen LogP contribution in [0.4, 0.5) is 50.0 Å². The first-order valence-corrected chi connectivity index (χ1v) is 13.5. The molecule has 1 amide bonds. The van der Waals surface area contributed by atoms with Crippen molar-refractivity contribution < 1.29 is 58.7 Å². The van der Waals surface area contributed by atoms with Gasteiger partial charge >= 0.3 is 30.6 Å². The predicted octanol–water partition coefficient (Wildman–Crippen LogP) is 8.55. The van der Waals surface area contributed by atoms with Gasteiger partial charge < -0.3 is 9.57 Å². The number of rotatable bonds is 5. The van der Waals surface area contributed by atoms with Gasteiger partial charge in [-0.1, -0.05) is 0 Å². The summed E-state index contributed by atoms with van der Waals surface area (Å²) in [4.78, 5) is 32.5. The highest BCUT2D eigenvalue weighted by molar-refractivity contribution is 5.77. The minimum Gasteiger partial charge on any atom is -0.453 e. The van der Waals surface area contributed by atoms with Gasteiger partial charge in [0, 0.05) is 12.1 Å². The number of amides is 1. The van der Waals surface area contributed by atoms with Crippen molar-refractivity contribution >= 4 is 17.7 Å². The number of hydroxylamine groups is 1. The van der Waals surface area contributed by atoms with Crippen LogP contribution in [-0.2, 0) is 39.4 Å². The van der Waals surface area contributed by atoms with E-state index in [0.717, 1.165) is 30.2 Å². The first-order valence-electron chi connectivity index (χ1n) is 13.5. The monoisotopic (exact) mass is 640 g/mol. The third kappa shape index (κ3) is 7.17. The van der Waals surface area contributed by atoms with Gasteiger partial charge in [-0.25, -0.2) is 14.7 Å². The van der Waals surface area contributed by atoms with Gasteiger partial charge in [-0.2, -0.15) is 39.5 Å². The minimum atomic E-state index is -5.17. The topological polar surface area (TPSA) is 59.1 Å². The number of fused-ring (bicyclic) bond motifs is 1. The van der Waals surface area contributed by atoms with Gasteiger partial charge in [0.25, 0.3) is 0 Å². The lowest BCUT2D eigenvalue weighted by Crippen LogP contribution is -2.49. The average molecular weight is 641 g/mol. The Morgan fingerprint density at radius 2 is 1.39 bits per heavy atom. The molecule has 2 atom stereocenters. The Kier molecular flexibility index (Phi) is 8.59. The fraction of sp³-hybridized carbons (Fsp3) is 0.517. The molecule has 1 aliphatic heterocycles. The number of hydrogen-bond acceptors (Lipinski definition) is 5. The van der Waals surface area contributed by atoms with Gasteiger partial charge in [0.2, 0.25) is 0 Å². The highest BCUT2D eigenvalue weighted by atomic mass is 19.4. The number of nitrogens with zero attached hydrogens (tertiary/aromatic N) is 2. The van der Waals surface area contributed by atoms with Crippen LogP contribution < -0.4 is 5.06 Å². The second-order valence-corrected chi connectivity index (χ2v) is 11.9. The Balaban J connectivity index is 1.88. The molecule has 0 saturated heterocycles. The van der Waals surface area contributed by atoms with Crippen molar-refractivity contribution in [1.82, 2.24) is 4.90 Å². The third-order valence-electron chi connectivity index (χ3n) is 7.46. The lowest BCUT2D eigenvalue weighted by molar-refractivity contribution is -0.156. The van der Waals surface area contributed by atoms with Gasteiger partial charge in [0.05, 0.1) is 47.0 Å². The fourth-order valence-corrected chi connectivity index (χ4v) is 5.06. The Bertz CT molecular complexity index is 1380. The molecular formula is C29H29F9N2O4. The molecule has 2 unspecified atom stereocenters. The summed E-state index contributed by atoms with van der Waals surface area (Å²) in [6, 6.07) is 1.39. The Hall–Kier alpha value is -3.65. The average Bonchev–Trinajstić information content (AvgIpc) is 3.74. The fourth-order valence-electron chi connectivity index (χ4n) is 5.06. The van der Waals surface area contributed by atoms with E-state index in [1.165, 1.54) is 5.06 Å². The maximum absolute atomic E-state index is 13.8. The minimum absolute atomic E-state index is 0.00215. The summed E-state index contributed by atoms with van der Waals surface area (Å²) >= 11 is 0. The molecule has 1 fully saturated rings. The maximum atomic E-state index is 13.8. The first-order chi connectivity index (χ1) is 20.1. The highest BCUT2D eigenvalue weighted by Crippen LogP contribution is 2.50. The van der Waals surface area contributed by atoms with E-state index in [9.17, 15) is 49.1 Å². The number of methoxy groups -OCH3 is 1. The molecule has 242 valence electrons. The largest absolute Gasteiger partial charge is 0.453 e. The number of alkyl halides is 9. The quantitative estimate of drug-likeness (QED) is 0.307. The van der Waals surface area contributed by atoms with Crippen LogP contribution in [-0.4, -0.2) is 30.1 Å². The van der Waals surface area contributed by atoms with Gasteiger partial charge in [0.1, 0.15) is 0 Å². The SMILES string of the molecule is COC(=O)N(Cc1cc(C(F)(F)F)cc(C(F)(F)F)c1)C1CC(C2CC2)N(OC(=O)C(C)(C)C)c2ccc(C(F)(F)F)cc21. The van der Waals surface area contributed by atoms with Crippen LogP contribution in [0, 0.1) is 11.3 Å². The zero-order valence-corrected chi connectivity index (χ0v) is 24.0. The molecule has 0 bridgehead atoms. The van der Waals surface area contributed by atoms with Gasteiger partial charge in [-0.15, -0.1) is 0 Å². The molecular weight excluding hydrogens is 611 g/mol. The number of ether oxygens (including phenoxy) is 1. The second-order valence-electron chi connectivity index (χ2n) is 11.9. The van der Waals surface area contributed by atoms with Crippen molar-refractivity contribution in [3.8, 4) is 0 Å². The zero-order chi connectivity index (χ0) is 33.0. The molecule has 6 nitrogen and oxygen atoms in total. The molecule has 0 aromatic heterocycles. The van der Waals surface area contributed by atoms with Crippen molar-refractivity contribution in [2.45, 2.75) is 77.2 Å². The summed E-state index contributed by atoms with van der Waals surface area (Å²) in [5.41, 5.74) is -6.12. The van der Waals surface area contributed by atoms with Crippen molar-refractivity contribution in [1.29, 1.82) is 0 Å². The van der Waals surface area contributed by atoms with Gasteiger partial charge in [-0.3, -0.25) is 4.90 Å². The van der Waals surface area contributed by atoms with Crippen LogP contribution in [0.25, 0.3) is 0 Å².